The van der Waals surface area contributed by atoms with Crippen molar-refractivity contribution in [3.63, 3.8) is 0 Å². The summed E-state index contributed by atoms with van der Waals surface area (Å²) in [4.78, 5) is 4.29. The van der Waals surface area contributed by atoms with E-state index < -0.39 is 17.7 Å². The van der Waals surface area contributed by atoms with Gasteiger partial charge in [-0.3, -0.25) is 0 Å². The molecular weight excluding hydrogens is 254 g/mol. The third-order valence-electron chi connectivity index (χ3n) is 2.77. The molecule has 18 heavy (non-hydrogen) atoms. The average Bonchev–Trinajstić information content (AvgIpc) is 2.69. The highest BCUT2D eigenvalue weighted by Gasteiger charge is 2.15. The molecule has 2 rings (SSSR count). The summed E-state index contributed by atoms with van der Waals surface area (Å²) >= 11 is 1.53. The van der Waals surface area contributed by atoms with Crippen LogP contribution in [0.2, 0.25) is 0 Å². The second-order valence-electron chi connectivity index (χ2n) is 4.29. The summed E-state index contributed by atoms with van der Waals surface area (Å²) in [7, 11) is 0. The molecule has 0 saturated heterocycles. The molecule has 0 aliphatic rings. The van der Waals surface area contributed by atoms with E-state index in [4.69, 9.17) is 5.73 Å². The van der Waals surface area contributed by atoms with Crippen molar-refractivity contribution in [2.24, 2.45) is 5.73 Å². The molecule has 1 atom stereocenters. The van der Waals surface area contributed by atoms with Gasteiger partial charge >= 0.3 is 0 Å². The van der Waals surface area contributed by atoms with E-state index in [0.717, 1.165) is 16.8 Å². The Hall–Kier alpha value is -1.33. The van der Waals surface area contributed by atoms with E-state index in [1.165, 1.54) is 17.4 Å². The van der Waals surface area contributed by atoms with E-state index in [9.17, 15) is 8.78 Å². The van der Waals surface area contributed by atoms with Crippen LogP contribution in [-0.2, 0) is 6.42 Å². The molecule has 0 amide bonds. The lowest BCUT2D eigenvalue weighted by atomic mass is 10.0. The second kappa shape index (κ2) is 5.12. The van der Waals surface area contributed by atoms with Crippen LogP contribution in [-0.4, -0.2) is 4.98 Å². The van der Waals surface area contributed by atoms with Crippen LogP contribution in [0.15, 0.2) is 17.5 Å². The van der Waals surface area contributed by atoms with Crippen molar-refractivity contribution < 1.29 is 8.78 Å². The van der Waals surface area contributed by atoms with Crippen molar-refractivity contribution in [3.05, 3.63) is 51.0 Å². The topological polar surface area (TPSA) is 38.9 Å². The first-order chi connectivity index (χ1) is 8.47. The minimum absolute atomic E-state index is 0.333. The number of hydrogen-bond donors (Lipinski definition) is 1. The van der Waals surface area contributed by atoms with E-state index in [1.807, 2.05) is 12.3 Å². The molecule has 0 aliphatic heterocycles. The number of nitrogens with zero attached hydrogens (tertiary/aromatic N) is 1. The van der Waals surface area contributed by atoms with Crippen molar-refractivity contribution in [1.29, 1.82) is 0 Å². The number of aryl methyl sites for hydroxylation is 2. The quantitative estimate of drug-likeness (QED) is 0.927. The number of hydrogen-bond acceptors (Lipinski definition) is 3. The predicted octanol–water partition coefficient (Wildman–Crippen LogP) is 3.28. The minimum Gasteiger partial charge on any atom is -0.324 e. The first-order valence-electron chi connectivity index (χ1n) is 5.59. The molecule has 0 saturated carbocycles. The Bertz CT molecular complexity index is 566. The molecule has 1 heterocycles. The van der Waals surface area contributed by atoms with Gasteiger partial charge in [0.1, 0.15) is 11.6 Å². The molecule has 2 aromatic rings. The molecule has 0 radical (unpaired) electrons. The van der Waals surface area contributed by atoms with Crippen LogP contribution in [0.1, 0.15) is 27.9 Å². The number of nitrogens with two attached hydrogens (primary N) is 1. The van der Waals surface area contributed by atoms with Gasteiger partial charge in [0.25, 0.3) is 0 Å². The molecule has 5 heteroatoms. The second-order valence-corrected chi connectivity index (χ2v) is 5.35. The maximum atomic E-state index is 13.7. The molecule has 96 valence electrons. The summed E-state index contributed by atoms with van der Waals surface area (Å²) in [6, 6.07) is 1.84. The Morgan fingerprint density at radius 3 is 2.61 bits per heavy atom. The third-order valence-corrected chi connectivity index (χ3v) is 3.60. The van der Waals surface area contributed by atoms with Crippen LogP contribution in [0, 0.1) is 25.5 Å². The van der Waals surface area contributed by atoms with Gasteiger partial charge < -0.3 is 5.73 Å². The number of benzene rings is 1. The van der Waals surface area contributed by atoms with Gasteiger partial charge in [0.2, 0.25) is 0 Å². The van der Waals surface area contributed by atoms with E-state index in [0.29, 0.717) is 17.5 Å². The van der Waals surface area contributed by atoms with Crippen LogP contribution in [0.3, 0.4) is 0 Å². The van der Waals surface area contributed by atoms with Gasteiger partial charge in [-0.25, -0.2) is 13.8 Å². The van der Waals surface area contributed by atoms with Crippen LogP contribution in [0.4, 0.5) is 8.78 Å². The zero-order valence-electron chi connectivity index (χ0n) is 10.2. The Labute approximate surface area is 108 Å². The number of aromatic nitrogens is 1. The third kappa shape index (κ3) is 2.73. The van der Waals surface area contributed by atoms with Crippen LogP contribution >= 0.6 is 11.3 Å². The fourth-order valence-corrected chi connectivity index (χ4v) is 2.43. The highest BCUT2D eigenvalue weighted by molar-refractivity contribution is 7.09. The van der Waals surface area contributed by atoms with Gasteiger partial charge in [-0.05, 0) is 25.5 Å². The summed E-state index contributed by atoms with van der Waals surface area (Å²) in [6.45, 7) is 3.50. The van der Waals surface area contributed by atoms with Gasteiger partial charge in [0.15, 0.2) is 0 Å². The largest absolute Gasteiger partial charge is 0.324 e. The van der Waals surface area contributed by atoms with Crippen molar-refractivity contribution in [2.45, 2.75) is 26.3 Å². The summed E-state index contributed by atoms with van der Waals surface area (Å²) in [5.74, 6) is -1.15. The molecule has 2 nitrogen and oxygen atoms in total. The standard InChI is InChI=1S/C13H14F2N2S/c1-7-3-10(12(15)5-11(7)14)13(16)4-9-6-18-8(2)17-9/h3,5-6,13H,4,16H2,1-2H3. The summed E-state index contributed by atoms with van der Waals surface area (Å²) in [5.41, 5.74) is 7.53. The lowest BCUT2D eigenvalue weighted by Crippen LogP contribution is -2.16. The molecule has 2 N–H and O–H groups in total. The van der Waals surface area contributed by atoms with Gasteiger partial charge in [-0.15, -0.1) is 11.3 Å². The molecule has 0 spiro atoms. The van der Waals surface area contributed by atoms with Gasteiger partial charge in [-0.2, -0.15) is 0 Å². The van der Waals surface area contributed by atoms with Crippen LogP contribution in [0.5, 0.6) is 0 Å². The fourth-order valence-electron chi connectivity index (χ4n) is 1.80. The maximum absolute atomic E-state index is 13.7. The highest BCUT2D eigenvalue weighted by Crippen LogP contribution is 2.22. The normalized spacial score (nSPS) is 12.7. The SMILES string of the molecule is Cc1nc(CC(N)c2cc(C)c(F)cc2F)cs1. The smallest absolute Gasteiger partial charge is 0.130 e. The number of rotatable bonds is 3. The van der Waals surface area contributed by atoms with Crippen molar-refractivity contribution in [3.8, 4) is 0 Å². The molecule has 1 aromatic heterocycles. The first kappa shape index (κ1) is 13.1. The summed E-state index contributed by atoms with van der Waals surface area (Å²) < 4.78 is 26.8. The van der Waals surface area contributed by atoms with Gasteiger partial charge in [-0.1, -0.05) is 0 Å². The Kier molecular flexibility index (Phi) is 3.73. The lowest BCUT2D eigenvalue weighted by molar-refractivity contribution is 0.548. The zero-order chi connectivity index (χ0) is 13.3. The van der Waals surface area contributed by atoms with E-state index in [2.05, 4.69) is 4.98 Å². The first-order valence-corrected chi connectivity index (χ1v) is 6.47. The van der Waals surface area contributed by atoms with E-state index in [1.54, 1.807) is 6.92 Å². The van der Waals surface area contributed by atoms with E-state index in [-0.39, 0.29) is 0 Å². The zero-order valence-corrected chi connectivity index (χ0v) is 11.0. The Morgan fingerprint density at radius 1 is 1.28 bits per heavy atom. The van der Waals surface area contributed by atoms with Crippen LogP contribution < -0.4 is 5.73 Å². The Morgan fingerprint density at radius 2 is 2.00 bits per heavy atom. The van der Waals surface area contributed by atoms with E-state index >= 15 is 0 Å². The predicted molar refractivity (Wildman–Crippen MR) is 68.6 cm³/mol. The summed E-state index contributed by atoms with van der Waals surface area (Å²) in [5, 5.41) is 2.86. The number of halogens is 2. The highest BCUT2D eigenvalue weighted by atomic mass is 32.1. The van der Waals surface area contributed by atoms with Crippen molar-refractivity contribution in [1.82, 2.24) is 4.98 Å². The minimum atomic E-state index is -0.599. The van der Waals surface area contributed by atoms with Crippen LogP contribution in [0.25, 0.3) is 0 Å². The van der Waals surface area contributed by atoms with Crippen molar-refractivity contribution >= 4 is 11.3 Å². The molecule has 0 aliphatic carbocycles. The monoisotopic (exact) mass is 268 g/mol. The Balaban J connectivity index is 2.23. The van der Waals surface area contributed by atoms with Gasteiger partial charge in [0, 0.05) is 29.5 Å². The molecule has 0 fully saturated rings. The van der Waals surface area contributed by atoms with Gasteiger partial charge in [0.05, 0.1) is 10.7 Å². The summed E-state index contributed by atoms with van der Waals surface area (Å²) in [6.07, 6.45) is 0.451. The lowest BCUT2D eigenvalue weighted by Gasteiger charge is -2.13. The number of thiazole rings is 1. The molecule has 1 unspecified atom stereocenters. The maximum Gasteiger partial charge on any atom is 0.130 e. The fraction of sp³-hybridized carbons (Fsp3) is 0.308. The molecule has 1 aromatic carbocycles. The molecular formula is C13H14F2N2S. The average molecular weight is 268 g/mol. The van der Waals surface area contributed by atoms with Crippen molar-refractivity contribution in [2.75, 3.05) is 0 Å². The molecule has 0 bridgehead atoms.